The quantitative estimate of drug-likeness (QED) is 0.745. The van der Waals surface area contributed by atoms with Gasteiger partial charge in [0.25, 0.3) is 5.56 Å². The maximum absolute atomic E-state index is 12.9. The van der Waals surface area contributed by atoms with Gasteiger partial charge in [-0.25, -0.2) is 9.78 Å². The Balaban J connectivity index is 1.60. The number of aryl methyl sites for hydroxylation is 1. The zero-order chi connectivity index (χ0) is 18.8. The number of pyridine rings is 1. The molecule has 1 saturated heterocycles. The maximum atomic E-state index is 12.9. The number of H-pyrrole nitrogens is 1. The number of nitrogens with one attached hydrogen (secondary N) is 2. The van der Waals surface area contributed by atoms with Gasteiger partial charge in [-0.05, 0) is 50.5 Å². The van der Waals surface area contributed by atoms with Gasteiger partial charge in [-0.2, -0.15) is 0 Å². The van der Waals surface area contributed by atoms with E-state index in [9.17, 15) is 9.59 Å². The highest BCUT2D eigenvalue weighted by Crippen LogP contribution is 2.30. The summed E-state index contributed by atoms with van der Waals surface area (Å²) in [5, 5.41) is 2.80. The number of fused-ring (bicyclic) bond motifs is 1. The molecular formula is C20H23N5O2. The predicted octanol–water partition coefficient (Wildman–Crippen LogP) is 3.50. The number of para-hydroxylation sites is 2. The second kappa shape index (κ2) is 7.26. The number of aromatic nitrogens is 3. The van der Waals surface area contributed by atoms with Gasteiger partial charge in [-0.3, -0.25) is 4.79 Å². The highest BCUT2D eigenvalue weighted by atomic mass is 16.2. The van der Waals surface area contributed by atoms with Crippen molar-refractivity contribution in [2.24, 2.45) is 0 Å². The van der Waals surface area contributed by atoms with Crippen LogP contribution in [-0.2, 0) is 6.54 Å². The smallest absolute Gasteiger partial charge is 0.322 e. The van der Waals surface area contributed by atoms with Crippen molar-refractivity contribution in [3.8, 4) is 0 Å². The predicted molar refractivity (Wildman–Crippen MR) is 105 cm³/mol. The van der Waals surface area contributed by atoms with Crippen LogP contribution in [0.25, 0.3) is 11.0 Å². The van der Waals surface area contributed by atoms with E-state index in [2.05, 4.69) is 15.3 Å². The van der Waals surface area contributed by atoms with Gasteiger partial charge >= 0.3 is 6.03 Å². The first-order chi connectivity index (χ1) is 13.2. The first kappa shape index (κ1) is 17.3. The Bertz CT molecular complexity index is 989. The summed E-state index contributed by atoms with van der Waals surface area (Å²) in [6, 6.07) is 10.9. The average molecular weight is 365 g/mol. The van der Waals surface area contributed by atoms with E-state index in [1.807, 2.05) is 31.2 Å². The van der Waals surface area contributed by atoms with Crippen LogP contribution in [0.15, 0.2) is 47.4 Å². The number of urea groups is 1. The number of anilines is 1. The topological polar surface area (TPSA) is 83.0 Å². The molecule has 3 heterocycles. The van der Waals surface area contributed by atoms with Crippen molar-refractivity contribution < 1.29 is 4.79 Å². The number of rotatable bonds is 3. The van der Waals surface area contributed by atoms with Gasteiger partial charge in [-0.15, -0.1) is 0 Å². The Morgan fingerprint density at radius 1 is 1.26 bits per heavy atom. The molecule has 0 radical (unpaired) electrons. The van der Waals surface area contributed by atoms with Gasteiger partial charge in [-0.1, -0.05) is 12.1 Å². The number of likely N-dealkylation sites (tertiary alicyclic amines) is 1. The van der Waals surface area contributed by atoms with E-state index in [1.54, 1.807) is 27.8 Å². The van der Waals surface area contributed by atoms with Crippen molar-refractivity contribution in [2.75, 3.05) is 11.9 Å². The van der Waals surface area contributed by atoms with Gasteiger partial charge < -0.3 is 19.8 Å². The molecular weight excluding hydrogens is 342 g/mol. The zero-order valence-electron chi connectivity index (χ0n) is 15.3. The second-order valence-corrected chi connectivity index (χ2v) is 6.79. The molecule has 0 saturated carbocycles. The monoisotopic (exact) mass is 365 g/mol. The molecule has 0 aliphatic carbocycles. The third-order valence-corrected chi connectivity index (χ3v) is 5.09. The van der Waals surface area contributed by atoms with Gasteiger partial charge in [0.05, 0.1) is 17.1 Å². The molecule has 1 aliphatic rings. The van der Waals surface area contributed by atoms with Crippen LogP contribution >= 0.6 is 0 Å². The van der Waals surface area contributed by atoms with E-state index in [0.717, 1.165) is 36.1 Å². The third kappa shape index (κ3) is 3.32. The lowest BCUT2D eigenvalue weighted by atomic mass is 10.0. The van der Waals surface area contributed by atoms with E-state index >= 15 is 0 Å². The average Bonchev–Trinajstić information content (AvgIpc) is 3.13. The lowest BCUT2D eigenvalue weighted by Gasteiger charge is -2.34. The van der Waals surface area contributed by atoms with E-state index < -0.39 is 0 Å². The van der Waals surface area contributed by atoms with E-state index in [4.69, 9.17) is 0 Å². The fraction of sp³-hybridized carbons (Fsp3) is 0.350. The van der Waals surface area contributed by atoms with Crippen LogP contribution in [0.5, 0.6) is 0 Å². The molecule has 1 aromatic carbocycles. The summed E-state index contributed by atoms with van der Waals surface area (Å²) < 4.78 is 1.57. The largest absolute Gasteiger partial charge is 0.340 e. The molecule has 1 fully saturated rings. The van der Waals surface area contributed by atoms with Crippen LogP contribution in [0, 0.1) is 0 Å². The first-order valence-electron chi connectivity index (χ1n) is 9.39. The summed E-state index contributed by atoms with van der Waals surface area (Å²) >= 11 is 0. The van der Waals surface area contributed by atoms with Crippen LogP contribution < -0.4 is 10.9 Å². The summed E-state index contributed by atoms with van der Waals surface area (Å²) in [5.74, 6) is 0.796. The van der Waals surface area contributed by atoms with Crippen molar-refractivity contribution in [2.45, 2.75) is 38.8 Å². The van der Waals surface area contributed by atoms with Gasteiger partial charge in [0.2, 0.25) is 0 Å². The van der Waals surface area contributed by atoms with Crippen LogP contribution in [0.2, 0.25) is 0 Å². The van der Waals surface area contributed by atoms with E-state index in [-0.39, 0.29) is 17.6 Å². The van der Waals surface area contributed by atoms with Gasteiger partial charge in [0.15, 0.2) is 0 Å². The number of carbonyl (C=O) groups is 1. The van der Waals surface area contributed by atoms with Crippen LogP contribution in [0.4, 0.5) is 10.5 Å². The van der Waals surface area contributed by atoms with Gasteiger partial charge in [0, 0.05) is 19.3 Å². The fourth-order valence-electron chi connectivity index (χ4n) is 3.66. The highest BCUT2D eigenvalue weighted by molar-refractivity contribution is 5.89. The number of hydrogen-bond donors (Lipinski definition) is 2. The SMILES string of the molecule is CCn1cccc(NC(=O)N2CCCCC2c2nc3ccccc3[nH]2)c1=O. The summed E-state index contributed by atoms with van der Waals surface area (Å²) in [6.07, 6.45) is 4.55. The van der Waals surface area contributed by atoms with E-state index in [1.165, 1.54) is 0 Å². The first-order valence-corrected chi connectivity index (χ1v) is 9.39. The molecule has 4 rings (SSSR count). The second-order valence-electron chi connectivity index (χ2n) is 6.79. The molecule has 2 amide bonds. The Morgan fingerprint density at radius 2 is 2.11 bits per heavy atom. The maximum Gasteiger partial charge on any atom is 0.322 e. The Morgan fingerprint density at radius 3 is 2.93 bits per heavy atom. The number of hydrogen-bond acceptors (Lipinski definition) is 3. The summed E-state index contributed by atoms with van der Waals surface area (Å²) in [6.45, 7) is 3.10. The molecule has 27 heavy (non-hydrogen) atoms. The minimum atomic E-state index is -0.258. The number of piperidine rings is 1. The minimum Gasteiger partial charge on any atom is -0.340 e. The zero-order valence-corrected chi connectivity index (χ0v) is 15.3. The molecule has 1 unspecified atom stereocenters. The van der Waals surface area contributed by atoms with Crippen LogP contribution in [0.1, 0.15) is 38.1 Å². The molecule has 2 N–H and O–H groups in total. The molecule has 0 spiro atoms. The molecule has 3 aromatic rings. The number of amides is 2. The lowest BCUT2D eigenvalue weighted by molar-refractivity contribution is 0.160. The van der Waals surface area contributed by atoms with Crippen molar-refractivity contribution in [3.05, 3.63) is 58.8 Å². The number of carbonyl (C=O) groups excluding carboxylic acids is 1. The van der Waals surface area contributed by atoms with Crippen molar-refractivity contribution >= 4 is 22.8 Å². The van der Waals surface area contributed by atoms with Crippen molar-refractivity contribution in [3.63, 3.8) is 0 Å². The number of imidazole rings is 1. The Kier molecular flexibility index (Phi) is 4.66. The Hall–Kier alpha value is -3.09. The molecule has 140 valence electrons. The van der Waals surface area contributed by atoms with E-state index in [0.29, 0.717) is 18.8 Å². The molecule has 7 heteroatoms. The number of aromatic amines is 1. The number of nitrogens with zero attached hydrogens (tertiary/aromatic N) is 3. The van der Waals surface area contributed by atoms with Gasteiger partial charge in [0.1, 0.15) is 11.5 Å². The fourth-order valence-corrected chi connectivity index (χ4v) is 3.66. The molecule has 1 atom stereocenters. The van der Waals surface area contributed by atoms with Crippen LogP contribution in [-0.4, -0.2) is 32.0 Å². The van der Waals surface area contributed by atoms with Crippen molar-refractivity contribution in [1.82, 2.24) is 19.4 Å². The molecule has 0 bridgehead atoms. The Labute approximate surface area is 157 Å². The highest BCUT2D eigenvalue weighted by Gasteiger charge is 2.30. The minimum absolute atomic E-state index is 0.122. The van der Waals surface area contributed by atoms with Crippen molar-refractivity contribution in [1.29, 1.82) is 0 Å². The summed E-state index contributed by atoms with van der Waals surface area (Å²) in [5.41, 5.74) is 1.98. The summed E-state index contributed by atoms with van der Waals surface area (Å²) in [4.78, 5) is 35.1. The third-order valence-electron chi connectivity index (χ3n) is 5.09. The molecule has 2 aromatic heterocycles. The number of benzene rings is 1. The standard InChI is InChI=1S/C20H23N5O2/c1-2-24-12-7-10-16(19(24)26)23-20(27)25-13-6-5-11-17(25)18-21-14-8-3-4-9-15(14)22-18/h3-4,7-10,12,17H,2,5-6,11,13H2,1H3,(H,21,22)(H,23,27). The normalized spacial score (nSPS) is 17.2. The molecule has 7 nitrogen and oxygen atoms in total. The summed E-state index contributed by atoms with van der Waals surface area (Å²) in [7, 11) is 0. The lowest BCUT2D eigenvalue weighted by Crippen LogP contribution is -2.42. The molecule has 1 aliphatic heterocycles. The van der Waals surface area contributed by atoms with Crippen LogP contribution in [0.3, 0.4) is 0 Å².